The maximum absolute atomic E-state index is 13.1. The number of anilines is 1. The number of ether oxygens (including phenoxy) is 1. The molecule has 5 nitrogen and oxygen atoms in total. The van der Waals surface area contributed by atoms with E-state index >= 15 is 0 Å². The fourth-order valence-corrected chi connectivity index (χ4v) is 4.11. The first-order valence-corrected chi connectivity index (χ1v) is 9.44. The Morgan fingerprint density at radius 3 is 2.37 bits per heavy atom. The molecular weight excluding hydrogens is 360 g/mol. The second-order valence-corrected chi connectivity index (χ2v) is 7.01. The van der Waals surface area contributed by atoms with Crippen LogP contribution in [0.25, 0.3) is 0 Å². The van der Waals surface area contributed by atoms with Crippen molar-refractivity contribution >= 4 is 29.3 Å². The van der Waals surface area contributed by atoms with Crippen LogP contribution in [0, 0.1) is 11.3 Å². The molecule has 1 aliphatic heterocycles. The van der Waals surface area contributed by atoms with Crippen LogP contribution in [0.2, 0.25) is 0 Å². The predicted octanol–water partition coefficient (Wildman–Crippen LogP) is 3.68. The molecule has 1 atom stereocenters. The molecule has 136 valence electrons. The summed E-state index contributed by atoms with van der Waals surface area (Å²) in [6.45, 7) is 1.84. The van der Waals surface area contributed by atoms with Gasteiger partial charge in [-0.1, -0.05) is 60.3 Å². The summed E-state index contributed by atoms with van der Waals surface area (Å²) < 4.78 is 5.01. The minimum absolute atomic E-state index is 0.144. The Bertz CT molecular complexity index is 904. The number of esters is 1. The lowest BCUT2D eigenvalue weighted by Gasteiger charge is -2.18. The molecule has 2 aromatic carbocycles. The predicted molar refractivity (Wildman–Crippen MR) is 105 cm³/mol. The largest absolute Gasteiger partial charge is 0.462 e. The fourth-order valence-electron chi connectivity index (χ4n) is 2.82. The van der Waals surface area contributed by atoms with E-state index in [9.17, 15) is 14.9 Å². The molecule has 1 saturated heterocycles. The van der Waals surface area contributed by atoms with Crippen molar-refractivity contribution in [1.82, 2.24) is 0 Å². The summed E-state index contributed by atoms with van der Waals surface area (Å²) in [7, 11) is 0. The number of hydrogen-bond donors (Lipinski definition) is 0. The summed E-state index contributed by atoms with van der Waals surface area (Å²) in [5.41, 5.74) is 1.50. The lowest BCUT2D eigenvalue weighted by molar-refractivity contribution is -0.138. The van der Waals surface area contributed by atoms with Gasteiger partial charge in [-0.3, -0.25) is 9.69 Å². The standard InChI is InChI=1S/C21H18N2O3S/c1-2-26-21(25)17(14-22)20-23(16-11-7-4-8-12-16)19(24)18(27-20)13-15-9-5-3-6-10-15/h3-12,18H,2,13H2,1H3/b20-17+/t18-/m0/s1. The van der Waals surface area contributed by atoms with Crippen LogP contribution >= 0.6 is 11.8 Å². The van der Waals surface area contributed by atoms with Gasteiger partial charge in [-0.05, 0) is 31.0 Å². The van der Waals surface area contributed by atoms with E-state index in [-0.39, 0.29) is 18.1 Å². The Labute approximate surface area is 162 Å². The lowest BCUT2D eigenvalue weighted by Crippen LogP contribution is -2.30. The van der Waals surface area contributed by atoms with Crippen molar-refractivity contribution in [2.24, 2.45) is 0 Å². The number of thioether (sulfide) groups is 1. The molecule has 3 rings (SSSR count). The smallest absolute Gasteiger partial charge is 0.351 e. The number of nitrogens with zero attached hydrogens (tertiary/aromatic N) is 2. The highest BCUT2D eigenvalue weighted by Gasteiger charge is 2.41. The number of carbonyl (C=O) groups excluding carboxylic acids is 2. The van der Waals surface area contributed by atoms with Crippen LogP contribution in [0.1, 0.15) is 12.5 Å². The number of benzene rings is 2. The second kappa shape index (κ2) is 8.56. The third-order valence-corrected chi connectivity index (χ3v) is 5.30. The van der Waals surface area contributed by atoms with Crippen LogP contribution in [0.15, 0.2) is 71.3 Å². The van der Waals surface area contributed by atoms with Gasteiger partial charge in [0, 0.05) is 5.69 Å². The fraction of sp³-hybridized carbons (Fsp3) is 0.190. The Morgan fingerprint density at radius 2 is 1.78 bits per heavy atom. The SMILES string of the molecule is CCOC(=O)/C(C#N)=C1/S[C@@H](Cc2ccccc2)C(=O)N1c1ccccc1. The number of hydrogen-bond acceptors (Lipinski definition) is 5. The van der Waals surface area contributed by atoms with E-state index in [4.69, 9.17) is 4.74 Å². The van der Waals surface area contributed by atoms with Crippen LogP contribution in [0.5, 0.6) is 0 Å². The summed E-state index contributed by atoms with van der Waals surface area (Å²) in [6, 6.07) is 20.6. The Kier molecular flexibility index (Phi) is 5.94. The average molecular weight is 378 g/mol. The minimum Gasteiger partial charge on any atom is -0.462 e. The average Bonchev–Trinajstić information content (AvgIpc) is 3.00. The highest BCUT2D eigenvalue weighted by molar-refractivity contribution is 8.05. The summed E-state index contributed by atoms with van der Waals surface area (Å²) in [5.74, 6) is -0.862. The van der Waals surface area contributed by atoms with E-state index in [2.05, 4.69) is 0 Å². The molecule has 0 N–H and O–H groups in total. The summed E-state index contributed by atoms with van der Waals surface area (Å²) in [4.78, 5) is 26.8. The first-order chi connectivity index (χ1) is 13.2. The van der Waals surface area contributed by atoms with Crippen molar-refractivity contribution in [2.45, 2.75) is 18.6 Å². The van der Waals surface area contributed by atoms with Crippen LogP contribution in [-0.2, 0) is 20.7 Å². The van der Waals surface area contributed by atoms with Gasteiger partial charge in [0.2, 0.25) is 5.91 Å². The molecule has 1 aliphatic rings. The molecule has 27 heavy (non-hydrogen) atoms. The Hall–Kier alpha value is -3.04. The molecule has 0 spiro atoms. The highest BCUT2D eigenvalue weighted by Crippen LogP contribution is 2.41. The van der Waals surface area contributed by atoms with Crippen LogP contribution in [0.4, 0.5) is 5.69 Å². The van der Waals surface area contributed by atoms with Crippen molar-refractivity contribution in [3.05, 3.63) is 76.8 Å². The van der Waals surface area contributed by atoms with Gasteiger partial charge in [-0.2, -0.15) is 5.26 Å². The molecular formula is C21H18N2O3S. The molecule has 0 bridgehead atoms. The van der Waals surface area contributed by atoms with Crippen molar-refractivity contribution in [2.75, 3.05) is 11.5 Å². The number of amides is 1. The van der Waals surface area contributed by atoms with Crippen LogP contribution in [-0.4, -0.2) is 23.7 Å². The quantitative estimate of drug-likeness (QED) is 0.451. The topological polar surface area (TPSA) is 70.4 Å². The summed E-state index contributed by atoms with van der Waals surface area (Å²) in [5, 5.41) is 9.46. The Balaban J connectivity index is 2.02. The van der Waals surface area contributed by atoms with E-state index in [0.717, 1.165) is 5.56 Å². The van der Waals surface area contributed by atoms with E-state index in [1.165, 1.54) is 16.7 Å². The maximum Gasteiger partial charge on any atom is 0.351 e. The molecule has 0 saturated carbocycles. The van der Waals surface area contributed by atoms with Crippen molar-refractivity contribution < 1.29 is 14.3 Å². The van der Waals surface area contributed by atoms with Gasteiger partial charge in [0.05, 0.1) is 11.9 Å². The van der Waals surface area contributed by atoms with E-state index in [1.54, 1.807) is 19.1 Å². The molecule has 0 aliphatic carbocycles. The molecule has 6 heteroatoms. The molecule has 1 heterocycles. The zero-order valence-electron chi connectivity index (χ0n) is 14.8. The number of rotatable bonds is 5. The van der Waals surface area contributed by atoms with Gasteiger partial charge in [0.15, 0.2) is 5.57 Å². The normalized spacial score (nSPS) is 18.1. The molecule has 0 unspecified atom stereocenters. The van der Waals surface area contributed by atoms with Gasteiger partial charge in [0.1, 0.15) is 11.1 Å². The molecule has 0 radical (unpaired) electrons. The van der Waals surface area contributed by atoms with E-state index in [1.807, 2.05) is 54.6 Å². The van der Waals surface area contributed by atoms with Gasteiger partial charge >= 0.3 is 5.97 Å². The molecule has 1 amide bonds. The Morgan fingerprint density at radius 1 is 1.15 bits per heavy atom. The lowest BCUT2D eigenvalue weighted by atomic mass is 10.1. The summed E-state index contributed by atoms with van der Waals surface area (Å²) in [6.07, 6.45) is 0.513. The van der Waals surface area contributed by atoms with Crippen molar-refractivity contribution in [1.29, 1.82) is 5.26 Å². The van der Waals surface area contributed by atoms with E-state index in [0.29, 0.717) is 17.1 Å². The first-order valence-electron chi connectivity index (χ1n) is 8.56. The zero-order valence-corrected chi connectivity index (χ0v) is 15.6. The van der Waals surface area contributed by atoms with E-state index < -0.39 is 11.2 Å². The number of carbonyl (C=O) groups is 2. The summed E-state index contributed by atoms with van der Waals surface area (Å²) >= 11 is 1.24. The molecule has 2 aromatic rings. The number of para-hydroxylation sites is 1. The monoisotopic (exact) mass is 378 g/mol. The van der Waals surface area contributed by atoms with Crippen LogP contribution in [0.3, 0.4) is 0 Å². The highest BCUT2D eigenvalue weighted by atomic mass is 32.2. The van der Waals surface area contributed by atoms with Crippen molar-refractivity contribution in [3.63, 3.8) is 0 Å². The molecule has 0 aromatic heterocycles. The maximum atomic E-state index is 13.1. The first kappa shape index (κ1) is 18.7. The second-order valence-electron chi connectivity index (χ2n) is 5.82. The minimum atomic E-state index is -0.711. The van der Waals surface area contributed by atoms with Crippen molar-refractivity contribution in [3.8, 4) is 6.07 Å². The molecule has 1 fully saturated rings. The van der Waals surface area contributed by atoms with Gasteiger partial charge in [-0.15, -0.1) is 0 Å². The zero-order chi connectivity index (χ0) is 19.2. The third kappa shape index (κ3) is 4.04. The van der Waals surface area contributed by atoms with Gasteiger partial charge in [-0.25, -0.2) is 4.79 Å². The van der Waals surface area contributed by atoms with Crippen LogP contribution < -0.4 is 4.90 Å². The van der Waals surface area contributed by atoms with Gasteiger partial charge in [0.25, 0.3) is 0 Å². The van der Waals surface area contributed by atoms with Gasteiger partial charge < -0.3 is 4.74 Å². The number of nitriles is 1. The third-order valence-electron chi connectivity index (χ3n) is 4.04.